The van der Waals surface area contributed by atoms with E-state index in [0.717, 1.165) is 62.7 Å². The van der Waals surface area contributed by atoms with Crippen LogP contribution in [0.1, 0.15) is 92.1 Å². The van der Waals surface area contributed by atoms with E-state index in [2.05, 4.69) is 11.8 Å². The van der Waals surface area contributed by atoms with Gasteiger partial charge in [0.2, 0.25) is 6.04 Å². The third kappa shape index (κ3) is 5.22. The fraction of sp³-hybridized carbons (Fsp3) is 0.750. The van der Waals surface area contributed by atoms with Crippen LogP contribution in [-0.4, -0.2) is 28.3 Å². The molecule has 0 amide bonds. The van der Waals surface area contributed by atoms with E-state index in [9.17, 15) is 9.90 Å². The summed E-state index contributed by atoms with van der Waals surface area (Å²) in [5, 5.41) is 19.7. The molecule has 0 spiro atoms. The van der Waals surface area contributed by atoms with Gasteiger partial charge in [-0.15, -0.1) is 11.3 Å². The van der Waals surface area contributed by atoms with Crippen molar-refractivity contribution in [1.82, 2.24) is 0 Å². The van der Waals surface area contributed by atoms with Crippen molar-refractivity contribution in [2.75, 3.05) is 0 Å². The molecule has 0 saturated heterocycles. The summed E-state index contributed by atoms with van der Waals surface area (Å²) in [6.45, 7) is 9.79. The monoisotopic (exact) mass is 417 g/mol. The van der Waals surface area contributed by atoms with Gasteiger partial charge in [-0.3, -0.25) is 0 Å². The van der Waals surface area contributed by atoms with Gasteiger partial charge in [0.15, 0.2) is 0 Å². The first-order valence-corrected chi connectivity index (χ1v) is 12.2. The van der Waals surface area contributed by atoms with Crippen molar-refractivity contribution in [2.45, 2.75) is 96.1 Å². The number of aryl methyl sites for hydroxylation is 1. The van der Waals surface area contributed by atoms with Crippen LogP contribution in [0.2, 0.25) is 0 Å². The molecule has 1 aromatic heterocycles. The minimum Gasteiger partial charge on any atom is -0.477 e. The molecule has 2 aliphatic carbocycles. The average molecular weight is 418 g/mol. The fourth-order valence-corrected chi connectivity index (χ4v) is 6.53. The highest BCUT2D eigenvalue weighted by atomic mass is 32.1. The molecule has 2 fully saturated rings. The molecule has 1 aromatic rings. The van der Waals surface area contributed by atoms with Crippen molar-refractivity contribution in [3.8, 4) is 0 Å². The van der Waals surface area contributed by atoms with Crippen molar-refractivity contribution in [3.63, 3.8) is 0 Å². The molecular weight excluding hydrogens is 382 g/mol. The highest BCUT2D eigenvalue weighted by molar-refractivity contribution is 7.13. The van der Waals surface area contributed by atoms with Gasteiger partial charge in [0.1, 0.15) is 4.88 Å². The molecule has 4 nitrogen and oxygen atoms in total. The van der Waals surface area contributed by atoms with Gasteiger partial charge in [0.05, 0.1) is 6.10 Å². The Morgan fingerprint density at radius 1 is 1.31 bits per heavy atom. The zero-order chi connectivity index (χ0) is 20.9. The topological polar surface area (TPSA) is 61.9 Å². The van der Waals surface area contributed by atoms with Crippen LogP contribution < -0.4 is 0 Å². The standard InChI is InChI=1S/C24H35NO3S/c1-3-24(15-6-16-24)22(26)10-5-9-19-17(11-13-20(19)25-2)7-4-8-18-12-14-21(29-18)23(27)28/h12,14,17,19-20,22,26H,3-11,13,15-16H2,1H3,(H,27,28)/t17-,19+,20-,22?/m0/s1. The first-order chi connectivity index (χ1) is 14.0. The number of carboxylic acids is 1. The van der Waals surface area contributed by atoms with E-state index in [1.807, 2.05) is 6.07 Å². The highest BCUT2D eigenvalue weighted by Crippen LogP contribution is 2.48. The molecule has 0 aromatic carbocycles. The number of carbonyl (C=O) groups is 1. The molecule has 0 aliphatic heterocycles. The van der Waals surface area contributed by atoms with E-state index in [1.165, 1.54) is 30.6 Å². The number of aliphatic hydroxyl groups is 1. The van der Waals surface area contributed by atoms with Crippen LogP contribution in [0.4, 0.5) is 0 Å². The average Bonchev–Trinajstić information content (AvgIpc) is 3.29. The Balaban J connectivity index is 1.45. The summed E-state index contributed by atoms with van der Waals surface area (Å²) in [5.74, 6) is 0.233. The molecule has 29 heavy (non-hydrogen) atoms. The predicted molar refractivity (Wildman–Crippen MR) is 117 cm³/mol. The second kappa shape index (κ2) is 10.1. The summed E-state index contributed by atoms with van der Waals surface area (Å²) in [6, 6.07) is 3.79. The van der Waals surface area contributed by atoms with E-state index < -0.39 is 5.97 Å². The number of carboxylic acid groups (broad SMARTS) is 1. The Labute approximate surface area is 179 Å². The largest absolute Gasteiger partial charge is 0.477 e. The maximum atomic E-state index is 11.0. The maximum Gasteiger partial charge on any atom is 0.345 e. The lowest BCUT2D eigenvalue weighted by Gasteiger charge is -2.45. The second-order valence-electron chi connectivity index (χ2n) is 9.18. The SMILES string of the molecule is [C-]#[N+][C@H]1CC[C@H](CCCc2ccc(C(=O)O)s2)[C@H]1CCCC(O)C1(CC)CCC1. The van der Waals surface area contributed by atoms with Crippen molar-refractivity contribution in [2.24, 2.45) is 17.3 Å². The Morgan fingerprint density at radius 3 is 2.69 bits per heavy atom. The van der Waals surface area contributed by atoms with Crippen molar-refractivity contribution < 1.29 is 15.0 Å². The Bertz CT molecular complexity index is 712. The highest BCUT2D eigenvalue weighted by Gasteiger charge is 2.42. The molecule has 2 saturated carbocycles. The lowest BCUT2D eigenvalue weighted by molar-refractivity contribution is -0.0437. The summed E-state index contributed by atoms with van der Waals surface area (Å²) in [7, 11) is 0. The summed E-state index contributed by atoms with van der Waals surface area (Å²) in [5.41, 5.74) is 0.184. The lowest BCUT2D eigenvalue weighted by Crippen LogP contribution is -2.40. The van der Waals surface area contributed by atoms with Gasteiger partial charge in [-0.2, -0.15) is 0 Å². The van der Waals surface area contributed by atoms with Crippen LogP contribution >= 0.6 is 11.3 Å². The molecule has 1 heterocycles. The van der Waals surface area contributed by atoms with E-state index in [0.29, 0.717) is 16.7 Å². The molecule has 2 N–H and O–H groups in total. The first kappa shape index (κ1) is 22.3. The Kier molecular flexibility index (Phi) is 7.76. The Morgan fingerprint density at radius 2 is 2.10 bits per heavy atom. The minimum absolute atomic E-state index is 0.154. The van der Waals surface area contributed by atoms with Gasteiger partial charge in [0, 0.05) is 17.2 Å². The maximum absolute atomic E-state index is 11.0. The Hall–Kier alpha value is -1.38. The van der Waals surface area contributed by atoms with Crippen LogP contribution in [0.15, 0.2) is 12.1 Å². The van der Waals surface area contributed by atoms with Crippen molar-refractivity contribution in [1.29, 1.82) is 0 Å². The zero-order valence-corrected chi connectivity index (χ0v) is 18.4. The second-order valence-corrected chi connectivity index (χ2v) is 10.3. The van der Waals surface area contributed by atoms with Gasteiger partial charge >= 0.3 is 5.97 Å². The normalized spacial score (nSPS) is 26.6. The third-order valence-corrected chi connectivity index (χ3v) is 8.88. The quantitative estimate of drug-likeness (QED) is 0.422. The predicted octanol–water partition coefficient (Wildman–Crippen LogP) is 6.19. The number of rotatable bonds is 11. The third-order valence-electron chi connectivity index (χ3n) is 7.74. The number of hydrogen-bond donors (Lipinski definition) is 2. The van der Waals surface area contributed by atoms with Gasteiger partial charge in [-0.25, -0.2) is 11.4 Å². The van der Waals surface area contributed by atoms with Crippen LogP contribution in [-0.2, 0) is 6.42 Å². The minimum atomic E-state index is -0.842. The number of hydrogen-bond acceptors (Lipinski definition) is 3. The van der Waals surface area contributed by atoms with E-state index in [1.54, 1.807) is 6.07 Å². The number of nitrogens with zero attached hydrogens (tertiary/aromatic N) is 1. The summed E-state index contributed by atoms with van der Waals surface area (Å²) in [4.78, 5) is 16.5. The number of aromatic carboxylic acids is 1. The molecular formula is C24H35NO3S. The van der Waals surface area contributed by atoms with E-state index in [4.69, 9.17) is 11.7 Å². The fourth-order valence-electron chi connectivity index (χ4n) is 5.65. The smallest absolute Gasteiger partial charge is 0.345 e. The summed E-state index contributed by atoms with van der Waals surface area (Å²) < 4.78 is 0. The molecule has 0 bridgehead atoms. The van der Waals surface area contributed by atoms with Crippen LogP contribution in [0.3, 0.4) is 0 Å². The van der Waals surface area contributed by atoms with Gasteiger partial charge < -0.3 is 15.1 Å². The molecule has 5 heteroatoms. The molecule has 0 radical (unpaired) electrons. The van der Waals surface area contributed by atoms with E-state index in [-0.39, 0.29) is 17.6 Å². The van der Waals surface area contributed by atoms with Gasteiger partial charge in [0.25, 0.3) is 0 Å². The van der Waals surface area contributed by atoms with Crippen molar-refractivity contribution in [3.05, 3.63) is 33.3 Å². The molecule has 2 aliphatic rings. The van der Waals surface area contributed by atoms with Crippen LogP contribution in [0.5, 0.6) is 0 Å². The van der Waals surface area contributed by atoms with Gasteiger partial charge in [-0.05, 0) is 81.3 Å². The first-order valence-electron chi connectivity index (χ1n) is 11.4. The van der Waals surface area contributed by atoms with Crippen molar-refractivity contribution >= 4 is 17.3 Å². The van der Waals surface area contributed by atoms with Gasteiger partial charge in [-0.1, -0.05) is 19.8 Å². The molecule has 4 atom stereocenters. The summed E-state index contributed by atoms with van der Waals surface area (Å²) in [6.07, 6.45) is 12.8. The van der Waals surface area contributed by atoms with Crippen LogP contribution in [0, 0.1) is 23.8 Å². The zero-order valence-electron chi connectivity index (χ0n) is 17.6. The number of aliphatic hydroxyl groups excluding tert-OH is 1. The molecule has 160 valence electrons. The van der Waals surface area contributed by atoms with Crippen LogP contribution in [0.25, 0.3) is 4.85 Å². The van der Waals surface area contributed by atoms with E-state index >= 15 is 0 Å². The molecule has 1 unspecified atom stereocenters. The summed E-state index contributed by atoms with van der Waals surface area (Å²) >= 11 is 1.38. The molecule has 3 rings (SSSR count). The number of thiophene rings is 1. The lowest BCUT2D eigenvalue weighted by atomic mass is 9.62.